The Balaban J connectivity index is 2.08. The van der Waals surface area contributed by atoms with Crippen LogP contribution in [0.5, 0.6) is 11.5 Å². The van der Waals surface area contributed by atoms with Gasteiger partial charge in [0.25, 0.3) is 5.91 Å². The van der Waals surface area contributed by atoms with E-state index in [2.05, 4.69) is 26.2 Å². The molecule has 2 rings (SSSR count). The maximum absolute atomic E-state index is 12.3. The van der Waals surface area contributed by atoms with E-state index >= 15 is 0 Å². The molecule has 7 heteroatoms. The number of pyridine rings is 1. The number of methoxy groups -OCH3 is 2. The third-order valence-electron chi connectivity index (χ3n) is 3.47. The van der Waals surface area contributed by atoms with Crippen LogP contribution in [0.15, 0.2) is 41.1 Å². The molecule has 0 unspecified atom stereocenters. The minimum Gasteiger partial charge on any atom is -0.493 e. The van der Waals surface area contributed by atoms with Gasteiger partial charge < -0.3 is 19.9 Å². The predicted molar refractivity (Wildman–Crippen MR) is 93.5 cm³/mol. The molecule has 0 spiro atoms. The second kappa shape index (κ2) is 8.65. The van der Waals surface area contributed by atoms with E-state index in [-0.39, 0.29) is 12.5 Å². The minimum absolute atomic E-state index is 0.174. The van der Waals surface area contributed by atoms with Crippen molar-refractivity contribution in [2.75, 3.05) is 20.8 Å². The SMILES string of the molecule is COc1ccc(C[C@@H](CO)NC(=O)c2ccnc(Br)c2)cc1OC. The van der Waals surface area contributed by atoms with Crippen LogP contribution >= 0.6 is 15.9 Å². The van der Waals surface area contributed by atoms with Crippen LogP contribution in [0, 0.1) is 0 Å². The van der Waals surface area contributed by atoms with Gasteiger partial charge in [0.1, 0.15) is 4.60 Å². The predicted octanol–water partition coefficient (Wildman–Crippen LogP) is 2.19. The van der Waals surface area contributed by atoms with Gasteiger partial charge in [-0.15, -0.1) is 0 Å². The summed E-state index contributed by atoms with van der Waals surface area (Å²) < 4.78 is 11.0. The lowest BCUT2D eigenvalue weighted by Crippen LogP contribution is -2.39. The summed E-state index contributed by atoms with van der Waals surface area (Å²) in [5.41, 5.74) is 1.39. The number of aliphatic hydroxyl groups excluding tert-OH is 1. The van der Waals surface area contributed by atoms with Crippen LogP contribution in [0.4, 0.5) is 0 Å². The minimum atomic E-state index is -0.414. The molecule has 0 saturated heterocycles. The molecular formula is C17H19BrN2O4. The molecule has 0 bridgehead atoms. The molecule has 0 aliphatic heterocycles. The van der Waals surface area contributed by atoms with Crippen molar-refractivity contribution < 1.29 is 19.4 Å². The molecule has 24 heavy (non-hydrogen) atoms. The number of ether oxygens (including phenoxy) is 2. The first-order valence-corrected chi connectivity index (χ1v) is 8.11. The smallest absolute Gasteiger partial charge is 0.251 e. The highest BCUT2D eigenvalue weighted by atomic mass is 79.9. The normalized spacial score (nSPS) is 11.7. The molecule has 1 aromatic heterocycles. The third-order valence-corrected chi connectivity index (χ3v) is 3.91. The molecule has 1 atom stereocenters. The maximum Gasteiger partial charge on any atom is 0.251 e. The van der Waals surface area contributed by atoms with Crippen molar-refractivity contribution in [1.29, 1.82) is 0 Å². The van der Waals surface area contributed by atoms with Gasteiger partial charge in [0.05, 0.1) is 26.9 Å². The summed E-state index contributed by atoms with van der Waals surface area (Å²) >= 11 is 3.23. The average molecular weight is 395 g/mol. The Morgan fingerprint density at radius 1 is 1.25 bits per heavy atom. The monoisotopic (exact) mass is 394 g/mol. The van der Waals surface area contributed by atoms with Crippen LogP contribution in [0.2, 0.25) is 0 Å². The molecule has 1 heterocycles. The van der Waals surface area contributed by atoms with Gasteiger partial charge in [0.15, 0.2) is 11.5 Å². The van der Waals surface area contributed by atoms with Crippen molar-refractivity contribution in [1.82, 2.24) is 10.3 Å². The number of amides is 1. The van der Waals surface area contributed by atoms with E-state index in [9.17, 15) is 9.90 Å². The zero-order valence-electron chi connectivity index (χ0n) is 13.5. The molecule has 128 valence electrons. The maximum atomic E-state index is 12.3. The van der Waals surface area contributed by atoms with E-state index in [0.29, 0.717) is 28.1 Å². The van der Waals surface area contributed by atoms with E-state index in [4.69, 9.17) is 9.47 Å². The number of carbonyl (C=O) groups is 1. The first kappa shape index (κ1) is 18.2. The summed E-state index contributed by atoms with van der Waals surface area (Å²) in [5.74, 6) is 0.973. The fourth-order valence-electron chi connectivity index (χ4n) is 2.27. The highest BCUT2D eigenvalue weighted by molar-refractivity contribution is 9.10. The topological polar surface area (TPSA) is 80.7 Å². The molecule has 0 saturated carbocycles. The number of benzene rings is 1. The molecule has 0 aliphatic rings. The number of hydrogen-bond donors (Lipinski definition) is 2. The largest absolute Gasteiger partial charge is 0.493 e. The number of aromatic nitrogens is 1. The van der Waals surface area contributed by atoms with Crippen LogP contribution in [0.3, 0.4) is 0 Å². The average Bonchev–Trinajstić information content (AvgIpc) is 2.60. The number of nitrogens with one attached hydrogen (secondary N) is 1. The summed E-state index contributed by atoms with van der Waals surface area (Å²) in [6.07, 6.45) is 2.01. The van der Waals surface area contributed by atoms with Crippen molar-refractivity contribution >= 4 is 21.8 Å². The number of nitrogens with zero attached hydrogens (tertiary/aromatic N) is 1. The molecule has 0 radical (unpaired) electrons. The summed E-state index contributed by atoms with van der Waals surface area (Å²) in [6, 6.07) is 8.33. The highest BCUT2D eigenvalue weighted by Crippen LogP contribution is 2.28. The van der Waals surface area contributed by atoms with E-state index in [1.807, 2.05) is 12.1 Å². The first-order valence-electron chi connectivity index (χ1n) is 7.31. The van der Waals surface area contributed by atoms with Crippen molar-refractivity contribution in [3.05, 3.63) is 52.3 Å². The molecule has 1 aromatic carbocycles. The molecule has 0 fully saturated rings. The molecule has 2 aromatic rings. The number of halogens is 1. The van der Waals surface area contributed by atoms with Gasteiger partial charge >= 0.3 is 0 Å². The Morgan fingerprint density at radius 3 is 2.62 bits per heavy atom. The van der Waals surface area contributed by atoms with Crippen LogP contribution < -0.4 is 14.8 Å². The number of aliphatic hydroxyl groups is 1. The second-order valence-corrected chi connectivity index (χ2v) is 5.93. The molecule has 1 amide bonds. The lowest BCUT2D eigenvalue weighted by Gasteiger charge is -2.17. The van der Waals surface area contributed by atoms with Crippen LogP contribution in [0.1, 0.15) is 15.9 Å². The van der Waals surface area contributed by atoms with Gasteiger partial charge in [-0.3, -0.25) is 4.79 Å². The summed E-state index contributed by atoms with van der Waals surface area (Å²) in [6.45, 7) is -0.174. The fourth-order valence-corrected chi connectivity index (χ4v) is 2.63. The van der Waals surface area contributed by atoms with E-state index < -0.39 is 6.04 Å². The number of rotatable bonds is 7. The zero-order chi connectivity index (χ0) is 17.5. The fraction of sp³-hybridized carbons (Fsp3) is 0.294. The Labute approximate surface area is 148 Å². The molecule has 2 N–H and O–H groups in total. The van der Waals surface area contributed by atoms with Crippen molar-refractivity contribution in [2.45, 2.75) is 12.5 Å². The Bertz CT molecular complexity index is 709. The standard InChI is InChI=1S/C17H19BrN2O4/c1-23-14-4-3-11(8-15(14)24-2)7-13(10-21)20-17(22)12-5-6-19-16(18)9-12/h3-6,8-9,13,21H,7,10H2,1-2H3,(H,20,22)/t13-/m0/s1. The summed E-state index contributed by atoms with van der Waals surface area (Å²) in [4.78, 5) is 16.3. The van der Waals surface area contributed by atoms with Gasteiger partial charge in [-0.2, -0.15) is 0 Å². The van der Waals surface area contributed by atoms with Crippen LogP contribution in [0.25, 0.3) is 0 Å². The second-order valence-electron chi connectivity index (χ2n) is 5.11. The van der Waals surface area contributed by atoms with Gasteiger partial charge in [-0.25, -0.2) is 4.98 Å². The van der Waals surface area contributed by atoms with Crippen LogP contribution in [-0.4, -0.2) is 42.9 Å². The van der Waals surface area contributed by atoms with E-state index in [1.54, 1.807) is 38.6 Å². The van der Waals surface area contributed by atoms with E-state index in [1.165, 1.54) is 0 Å². The number of carbonyl (C=O) groups excluding carboxylic acids is 1. The number of hydrogen-bond acceptors (Lipinski definition) is 5. The van der Waals surface area contributed by atoms with Gasteiger partial charge in [0.2, 0.25) is 0 Å². The molecule has 6 nitrogen and oxygen atoms in total. The Morgan fingerprint density at radius 2 is 2.00 bits per heavy atom. The first-order chi connectivity index (χ1) is 11.6. The highest BCUT2D eigenvalue weighted by Gasteiger charge is 2.15. The van der Waals surface area contributed by atoms with Crippen LogP contribution in [-0.2, 0) is 6.42 Å². The third kappa shape index (κ3) is 4.69. The summed E-state index contributed by atoms with van der Waals surface area (Å²) in [7, 11) is 3.13. The van der Waals surface area contributed by atoms with Crippen molar-refractivity contribution in [3.63, 3.8) is 0 Å². The molecular weight excluding hydrogens is 376 g/mol. The Kier molecular flexibility index (Phi) is 6.57. The quantitative estimate of drug-likeness (QED) is 0.703. The Hall–Kier alpha value is -2.12. The zero-order valence-corrected chi connectivity index (χ0v) is 15.0. The van der Waals surface area contributed by atoms with Gasteiger partial charge in [0, 0.05) is 11.8 Å². The summed E-state index contributed by atoms with van der Waals surface area (Å²) in [5, 5.41) is 12.4. The lowest BCUT2D eigenvalue weighted by atomic mass is 10.1. The van der Waals surface area contributed by atoms with Gasteiger partial charge in [-0.1, -0.05) is 6.07 Å². The van der Waals surface area contributed by atoms with E-state index in [0.717, 1.165) is 5.56 Å². The van der Waals surface area contributed by atoms with Gasteiger partial charge in [-0.05, 0) is 52.2 Å². The molecule has 0 aliphatic carbocycles. The lowest BCUT2D eigenvalue weighted by molar-refractivity contribution is 0.0916. The van der Waals surface area contributed by atoms with Crippen molar-refractivity contribution in [2.24, 2.45) is 0 Å². The van der Waals surface area contributed by atoms with Crippen molar-refractivity contribution in [3.8, 4) is 11.5 Å².